The van der Waals surface area contributed by atoms with Crippen molar-refractivity contribution in [1.82, 2.24) is 0 Å². The standard InChI is InChI=1S/C13H7Cl2I2NO/c14-7-1-3-9(10(15)5-7)13(19)18-12-4-2-8(16)6-11(12)17/h1-6H,(H,18,19). The van der Waals surface area contributed by atoms with E-state index in [-0.39, 0.29) is 5.91 Å². The van der Waals surface area contributed by atoms with Gasteiger partial charge < -0.3 is 5.32 Å². The van der Waals surface area contributed by atoms with Crippen LogP contribution in [0, 0.1) is 7.14 Å². The lowest BCUT2D eigenvalue weighted by Gasteiger charge is -2.09. The maximum Gasteiger partial charge on any atom is 0.257 e. The highest BCUT2D eigenvalue weighted by Crippen LogP contribution is 2.24. The molecule has 1 N–H and O–H groups in total. The molecule has 0 atom stereocenters. The van der Waals surface area contributed by atoms with E-state index in [0.29, 0.717) is 15.6 Å². The van der Waals surface area contributed by atoms with Crippen LogP contribution in [0.1, 0.15) is 10.4 Å². The summed E-state index contributed by atoms with van der Waals surface area (Å²) in [5.41, 5.74) is 1.16. The summed E-state index contributed by atoms with van der Waals surface area (Å²) in [4.78, 5) is 12.1. The van der Waals surface area contributed by atoms with Gasteiger partial charge >= 0.3 is 0 Å². The van der Waals surface area contributed by atoms with Crippen LogP contribution in [0.5, 0.6) is 0 Å². The zero-order valence-electron chi connectivity index (χ0n) is 9.38. The molecule has 0 aromatic heterocycles. The Balaban J connectivity index is 2.25. The highest BCUT2D eigenvalue weighted by Gasteiger charge is 2.12. The average Bonchev–Trinajstić information content (AvgIpc) is 2.32. The fourth-order valence-electron chi connectivity index (χ4n) is 1.45. The number of nitrogens with one attached hydrogen (secondary N) is 1. The van der Waals surface area contributed by atoms with Crippen LogP contribution >= 0.6 is 68.4 Å². The van der Waals surface area contributed by atoms with Crippen LogP contribution in [0.3, 0.4) is 0 Å². The van der Waals surface area contributed by atoms with Gasteiger partial charge in [0.2, 0.25) is 0 Å². The SMILES string of the molecule is O=C(Nc1ccc(I)cc1I)c1ccc(Cl)cc1Cl. The first kappa shape index (κ1) is 15.3. The molecule has 0 fully saturated rings. The summed E-state index contributed by atoms with van der Waals surface area (Å²) < 4.78 is 2.09. The van der Waals surface area contributed by atoms with Crippen molar-refractivity contribution in [1.29, 1.82) is 0 Å². The minimum Gasteiger partial charge on any atom is -0.321 e. The first-order valence-electron chi connectivity index (χ1n) is 5.19. The molecule has 0 saturated carbocycles. The molecular formula is C13H7Cl2I2NO. The van der Waals surface area contributed by atoms with Crippen molar-refractivity contribution in [3.8, 4) is 0 Å². The summed E-state index contributed by atoms with van der Waals surface area (Å²) in [6, 6.07) is 10.6. The third-order valence-electron chi connectivity index (χ3n) is 2.36. The molecule has 0 spiro atoms. The largest absolute Gasteiger partial charge is 0.321 e. The second kappa shape index (κ2) is 6.60. The zero-order valence-corrected chi connectivity index (χ0v) is 15.2. The van der Waals surface area contributed by atoms with Gasteiger partial charge in [-0.15, -0.1) is 0 Å². The first-order valence-corrected chi connectivity index (χ1v) is 8.10. The van der Waals surface area contributed by atoms with E-state index >= 15 is 0 Å². The Bertz CT molecular complexity index is 647. The Morgan fingerprint density at radius 3 is 2.42 bits per heavy atom. The number of hydrogen-bond donors (Lipinski definition) is 1. The molecule has 0 bridgehead atoms. The van der Waals surface area contributed by atoms with E-state index in [9.17, 15) is 4.79 Å². The molecule has 0 unspecified atom stereocenters. The number of amides is 1. The molecule has 0 aliphatic rings. The van der Waals surface area contributed by atoms with Gasteiger partial charge in [-0.3, -0.25) is 4.79 Å². The van der Waals surface area contributed by atoms with Crippen molar-refractivity contribution in [2.24, 2.45) is 0 Å². The molecule has 0 saturated heterocycles. The van der Waals surface area contributed by atoms with E-state index in [1.165, 1.54) is 0 Å². The lowest BCUT2D eigenvalue weighted by Crippen LogP contribution is -2.13. The monoisotopic (exact) mass is 517 g/mol. The molecule has 0 heterocycles. The number of carbonyl (C=O) groups excluding carboxylic acids is 1. The van der Waals surface area contributed by atoms with Crippen LogP contribution in [-0.4, -0.2) is 5.91 Å². The van der Waals surface area contributed by atoms with Gasteiger partial charge in [0.25, 0.3) is 5.91 Å². The van der Waals surface area contributed by atoms with Gasteiger partial charge in [0.1, 0.15) is 0 Å². The van der Waals surface area contributed by atoms with E-state index in [2.05, 4.69) is 50.5 Å². The molecular weight excluding hydrogens is 511 g/mol. The molecule has 2 rings (SSSR count). The molecule has 0 radical (unpaired) electrons. The summed E-state index contributed by atoms with van der Waals surface area (Å²) >= 11 is 16.2. The Labute approximate surface area is 148 Å². The van der Waals surface area contributed by atoms with Gasteiger partial charge in [0, 0.05) is 12.2 Å². The number of benzene rings is 2. The lowest BCUT2D eigenvalue weighted by atomic mass is 10.2. The highest BCUT2D eigenvalue weighted by atomic mass is 127. The van der Waals surface area contributed by atoms with Crippen molar-refractivity contribution in [2.75, 3.05) is 5.32 Å². The topological polar surface area (TPSA) is 29.1 Å². The van der Waals surface area contributed by atoms with Crippen LogP contribution in [0.2, 0.25) is 10.0 Å². The third kappa shape index (κ3) is 3.96. The minimum atomic E-state index is -0.249. The Morgan fingerprint density at radius 2 is 1.79 bits per heavy atom. The fraction of sp³-hybridized carbons (Fsp3) is 0. The van der Waals surface area contributed by atoms with Crippen molar-refractivity contribution < 1.29 is 4.79 Å². The van der Waals surface area contributed by atoms with E-state index in [1.807, 2.05) is 18.2 Å². The van der Waals surface area contributed by atoms with Gasteiger partial charge in [-0.05, 0) is 81.6 Å². The number of rotatable bonds is 2. The van der Waals surface area contributed by atoms with Crippen LogP contribution in [-0.2, 0) is 0 Å². The smallest absolute Gasteiger partial charge is 0.257 e. The van der Waals surface area contributed by atoms with Gasteiger partial charge in [-0.2, -0.15) is 0 Å². The quantitative estimate of drug-likeness (QED) is 0.527. The number of halogens is 4. The van der Waals surface area contributed by atoms with E-state index in [1.54, 1.807) is 18.2 Å². The van der Waals surface area contributed by atoms with Gasteiger partial charge in [-0.25, -0.2) is 0 Å². The second-order valence-corrected chi connectivity index (χ2v) is 6.95. The normalized spacial score (nSPS) is 10.3. The summed E-state index contributed by atoms with van der Waals surface area (Å²) in [7, 11) is 0. The highest BCUT2D eigenvalue weighted by molar-refractivity contribution is 14.1. The van der Waals surface area contributed by atoms with Crippen molar-refractivity contribution >= 4 is 80.0 Å². The maximum atomic E-state index is 12.1. The molecule has 0 aliphatic heterocycles. The predicted octanol–water partition coefficient (Wildman–Crippen LogP) is 5.45. The fourth-order valence-corrected chi connectivity index (χ4v) is 3.69. The van der Waals surface area contributed by atoms with Gasteiger partial charge in [0.05, 0.1) is 16.3 Å². The van der Waals surface area contributed by atoms with Crippen LogP contribution in [0.4, 0.5) is 5.69 Å². The molecule has 2 nitrogen and oxygen atoms in total. The van der Waals surface area contributed by atoms with Crippen molar-refractivity contribution in [3.63, 3.8) is 0 Å². The molecule has 98 valence electrons. The predicted molar refractivity (Wildman–Crippen MR) is 96.3 cm³/mol. The molecule has 0 aliphatic carbocycles. The molecule has 6 heteroatoms. The Hall–Kier alpha value is -0.0500. The van der Waals surface area contributed by atoms with Crippen LogP contribution in [0.15, 0.2) is 36.4 Å². The zero-order chi connectivity index (χ0) is 14.0. The van der Waals surface area contributed by atoms with Crippen LogP contribution < -0.4 is 5.32 Å². The molecule has 19 heavy (non-hydrogen) atoms. The number of hydrogen-bond acceptors (Lipinski definition) is 1. The van der Waals surface area contributed by atoms with Crippen molar-refractivity contribution in [2.45, 2.75) is 0 Å². The van der Waals surface area contributed by atoms with Crippen molar-refractivity contribution in [3.05, 3.63) is 59.1 Å². The van der Waals surface area contributed by atoms with Gasteiger partial charge in [0.15, 0.2) is 0 Å². The second-order valence-electron chi connectivity index (χ2n) is 3.70. The summed E-state index contributed by atoms with van der Waals surface area (Å²) in [6.07, 6.45) is 0. The Morgan fingerprint density at radius 1 is 1.05 bits per heavy atom. The van der Waals surface area contributed by atoms with E-state index in [0.717, 1.165) is 12.8 Å². The lowest BCUT2D eigenvalue weighted by molar-refractivity contribution is 0.102. The number of anilines is 1. The molecule has 1 amide bonds. The van der Waals surface area contributed by atoms with E-state index in [4.69, 9.17) is 23.2 Å². The first-order chi connectivity index (χ1) is 8.97. The molecule has 2 aromatic rings. The summed E-state index contributed by atoms with van der Waals surface area (Å²) in [6.45, 7) is 0. The van der Waals surface area contributed by atoms with Gasteiger partial charge in [-0.1, -0.05) is 23.2 Å². The Kier molecular flexibility index (Phi) is 5.33. The van der Waals surface area contributed by atoms with E-state index < -0.39 is 0 Å². The molecule has 2 aromatic carbocycles. The average molecular weight is 518 g/mol. The van der Waals surface area contributed by atoms with Crippen LogP contribution in [0.25, 0.3) is 0 Å². The minimum absolute atomic E-state index is 0.249. The summed E-state index contributed by atoms with van der Waals surface area (Å²) in [5, 5.41) is 3.68. The number of carbonyl (C=O) groups is 1. The third-order valence-corrected chi connectivity index (χ3v) is 4.47. The summed E-state index contributed by atoms with van der Waals surface area (Å²) in [5.74, 6) is -0.249. The maximum absolute atomic E-state index is 12.1.